The van der Waals surface area contributed by atoms with E-state index in [2.05, 4.69) is 0 Å². The van der Waals surface area contributed by atoms with E-state index in [1.165, 1.54) is 25.3 Å². The number of rotatable bonds is 5. The number of para-hydroxylation sites is 1. The number of ether oxygens (including phenoxy) is 2. The molecule has 0 aromatic heterocycles. The first-order valence-corrected chi connectivity index (χ1v) is 6.26. The zero-order valence-corrected chi connectivity index (χ0v) is 11.9. The minimum Gasteiger partial charge on any atom is -0.504 e. The quantitative estimate of drug-likeness (QED) is 0.648. The van der Waals surface area contributed by atoms with E-state index >= 15 is 0 Å². The average Bonchev–Trinajstić information content (AvgIpc) is 2.57. The number of aldehydes is 2. The van der Waals surface area contributed by atoms with Crippen molar-refractivity contribution in [2.75, 3.05) is 13.9 Å². The number of benzene rings is 2. The Balaban J connectivity index is 0.000000220. The lowest BCUT2D eigenvalue weighted by atomic mass is 10.2. The van der Waals surface area contributed by atoms with Gasteiger partial charge in [-0.25, -0.2) is 0 Å². The smallest absolute Gasteiger partial charge is 0.186 e. The summed E-state index contributed by atoms with van der Waals surface area (Å²) in [4.78, 5) is 20.6. The van der Waals surface area contributed by atoms with Gasteiger partial charge in [0.1, 0.15) is 12.0 Å². The molecule has 0 aliphatic carbocycles. The molecule has 22 heavy (non-hydrogen) atoms. The van der Waals surface area contributed by atoms with Crippen molar-refractivity contribution in [3.05, 3.63) is 53.6 Å². The van der Waals surface area contributed by atoms with Crippen molar-refractivity contribution in [1.82, 2.24) is 0 Å². The van der Waals surface area contributed by atoms with Gasteiger partial charge < -0.3 is 19.7 Å². The van der Waals surface area contributed by atoms with E-state index in [1.807, 2.05) is 0 Å². The summed E-state index contributed by atoms with van der Waals surface area (Å²) in [5.74, 6) is 0.762. The number of aliphatic hydroxyl groups excluding tert-OH is 1. The van der Waals surface area contributed by atoms with Gasteiger partial charge >= 0.3 is 0 Å². The van der Waals surface area contributed by atoms with Gasteiger partial charge in [-0.3, -0.25) is 9.59 Å². The molecule has 2 N–H and O–H groups in total. The highest BCUT2D eigenvalue weighted by atomic mass is 16.6. The van der Waals surface area contributed by atoms with Crippen LogP contribution in [0.5, 0.6) is 17.2 Å². The van der Waals surface area contributed by atoms with E-state index < -0.39 is 6.79 Å². The molecule has 2 aromatic rings. The standard InChI is InChI=1S/2C8H8O3/c1-11-8-4-6(5-9)2-3-7(8)10;9-5-7-3-1-2-4-8(7)11-6-10/h2-5,10H,1H3;1-5,10H,6H2. The summed E-state index contributed by atoms with van der Waals surface area (Å²) in [5, 5.41) is 17.5. The van der Waals surface area contributed by atoms with Gasteiger partial charge in [0.05, 0.1) is 12.7 Å². The van der Waals surface area contributed by atoms with Crippen LogP contribution in [0.25, 0.3) is 0 Å². The molecule has 0 saturated heterocycles. The van der Waals surface area contributed by atoms with E-state index in [0.717, 1.165) is 0 Å². The van der Waals surface area contributed by atoms with Gasteiger partial charge in [0, 0.05) is 5.56 Å². The molecule has 0 fully saturated rings. The van der Waals surface area contributed by atoms with Crippen molar-refractivity contribution in [3.63, 3.8) is 0 Å². The molecule has 6 nitrogen and oxygen atoms in total. The maximum atomic E-state index is 10.3. The van der Waals surface area contributed by atoms with E-state index in [1.54, 1.807) is 24.3 Å². The van der Waals surface area contributed by atoms with Gasteiger partial charge in [-0.15, -0.1) is 0 Å². The first kappa shape index (κ1) is 17.2. The lowest BCUT2D eigenvalue weighted by molar-refractivity contribution is 0.0959. The number of carbonyl (C=O) groups excluding carboxylic acids is 2. The van der Waals surface area contributed by atoms with Crippen molar-refractivity contribution < 1.29 is 29.3 Å². The SMILES string of the molecule is COc1cc(C=O)ccc1O.O=Cc1ccccc1OCO. The van der Waals surface area contributed by atoms with Crippen molar-refractivity contribution in [3.8, 4) is 17.2 Å². The van der Waals surface area contributed by atoms with Gasteiger partial charge in [-0.05, 0) is 30.3 Å². The summed E-state index contributed by atoms with van der Waals surface area (Å²) in [6.45, 7) is -0.412. The number of phenolic OH excluding ortho intramolecular Hbond substituents is 1. The van der Waals surface area contributed by atoms with Crippen LogP contribution in [0.4, 0.5) is 0 Å². The summed E-state index contributed by atoms with van der Waals surface area (Å²) in [5.41, 5.74) is 0.932. The van der Waals surface area contributed by atoms with E-state index in [4.69, 9.17) is 19.7 Å². The number of carbonyl (C=O) groups is 2. The molecule has 116 valence electrons. The minimum absolute atomic E-state index is 0.0399. The van der Waals surface area contributed by atoms with Gasteiger partial charge in [0.25, 0.3) is 0 Å². The molecule has 0 heterocycles. The molecule has 6 heteroatoms. The third-order valence-electron chi connectivity index (χ3n) is 2.61. The zero-order valence-electron chi connectivity index (χ0n) is 11.9. The summed E-state index contributed by atoms with van der Waals surface area (Å²) in [6.07, 6.45) is 1.38. The second kappa shape index (κ2) is 9.15. The highest BCUT2D eigenvalue weighted by Gasteiger charge is 2.00. The van der Waals surface area contributed by atoms with Crippen molar-refractivity contribution in [1.29, 1.82) is 0 Å². The Hall–Kier alpha value is -2.86. The second-order valence-corrected chi connectivity index (χ2v) is 3.98. The fraction of sp³-hybridized carbons (Fsp3) is 0.125. The molecular formula is C16H16O6. The summed E-state index contributed by atoms with van der Waals surface area (Å²) >= 11 is 0. The van der Waals surface area contributed by atoms with Crippen LogP contribution in [0.2, 0.25) is 0 Å². The molecule has 0 aliphatic heterocycles. The first-order valence-electron chi connectivity index (χ1n) is 6.26. The first-order chi connectivity index (χ1) is 10.7. The highest BCUT2D eigenvalue weighted by Crippen LogP contribution is 2.25. The van der Waals surface area contributed by atoms with Crippen LogP contribution in [0.3, 0.4) is 0 Å². The number of hydrogen-bond acceptors (Lipinski definition) is 6. The van der Waals surface area contributed by atoms with E-state index in [9.17, 15) is 9.59 Å². The molecule has 0 aliphatic rings. The zero-order chi connectivity index (χ0) is 16.4. The van der Waals surface area contributed by atoms with E-state index in [0.29, 0.717) is 35.2 Å². The Bertz CT molecular complexity index is 624. The Kier molecular flexibility index (Phi) is 7.15. The maximum Gasteiger partial charge on any atom is 0.186 e. The Morgan fingerprint density at radius 2 is 1.77 bits per heavy atom. The average molecular weight is 304 g/mol. The molecule has 0 unspecified atom stereocenters. The van der Waals surface area contributed by atoms with E-state index in [-0.39, 0.29) is 5.75 Å². The third-order valence-corrected chi connectivity index (χ3v) is 2.61. The molecule has 2 aromatic carbocycles. The predicted molar refractivity (Wildman–Crippen MR) is 79.6 cm³/mol. The fourth-order valence-electron chi connectivity index (χ4n) is 1.55. The number of phenols is 1. The van der Waals surface area contributed by atoms with Crippen molar-refractivity contribution >= 4 is 12.6 Å². The van der Waals surface area contributed by atoms with Crippen molar-refractivity contribution in [2.24, 2.45) is 0 Å². The second-order valence-electron chi connectivity index (χ2n) is 3.98. The number of aromatic hydroxyl groups is 1. The van der Waals surface area contributed by atoms with Crippen LogP contribution in [0.15, 0.2) is 42.5 Å². The van der Waals surface area contributed by atoms with Gasteiger partial charge in [0.15, 0.2) is 24.6 Å². The topological polar surface area (TPSA) is 93.1 Å². The van der Waals surface area contributed by atoms with Crippen LogP contribution in [0.1, 0.15) is 20.7 Å². The highest BCUT2D eigenvalue weighted by molar-refractivity contribution is 5.79. The molecular weight excluding hydrogens is 288 g/mol. The van der Waals surface area contributed by atoms with Crippen LogP contribution in [0, 0.1) is 0 Å². The monoisotopic (exact) mass is 304 g/mol. The van der Waals surface area contributed by atoms with Crippen LogP contribution >= 0.6 is 0 Å². The summed E-state index contributed by atoms with van der Waals surface area (Å²) < 4.78 is 9.53. The molecule has 0 atom stereocenters. The van der Waals surface area contributed by atoms with Gasteiger partial charge in [-0.1, -0.05) is 12.1 Å². The minimum atomic E-state index is -0.412. The predicted octanol–water partition coefficient (Wildman–Crippen LogP) is 2.04. The van der Waals surface area contributed by atoms with Crippen molar-refractivity contribution in [2.45, 2.75) is 0 Å². The van der Waals surface area contributed by atoms with Crippen LogP contribution in [-0.4, -0.2) is 36.7 Å². The lowest BCUT2D eigenvalue weighted by Crippen LogP contribution is -1.97. The Morgan fingerprint density at radius 1 is 1.05 bits per heavy atom. The number of aliphatic hydroxyl groups is 1. The fourth-order valence-corrected chi connectivity index (χ4v) is 1.55. The van der Waals surface area contributed by atoms with Crippen LogP contribution in [-0.2, 0) is 0 Å². The maximum absolute atomic E-state index is 10.3. The number of hydrogen-bond donors (Lipinski definition) is 2. The summed E-state index contributed by atoms with van der Waals surface area (Å²) in [7, 11) is 1.43. The normalized spacial score (nSPS) is 9.18. The Morgan fingerprint density at radius 3 is 2.36 bits per heavy atom. The molecule has 0 spiro atoms. The largest absolute Gasteiger partial charge is 0.504 e. The third kappa shape index (κ3) is 4.92. The molecule has 0 radical (unpaired) electrons. The molecule has 0 amide bonds. The van der Waals surface area contributed by atoms with Gasteiger partial charge in [0.2, 0.25) is 0 Å². The summed E-state index contributed by atoms with van der Waals surface area (Å²) in [6, 6.07) is 11.1. The molecule has 2 rings (SSSR count). The molecule has 0 bridgehead atoms. The van der Waals surface area contributed by atoms with Crippen LogP contribution < -0.4 is 9.47 Å². The molecule has 0 saturated carbocycles. The Labute approximate surface area is 127 Å². The van der Waals surface area contributed by atoms with Gasteiger partial charge in [-0.2, -0.15) is 0 Å². The number of methoxy groups -OCH3 is 1. The lowest BCUT2D eigenvalue weighted by Gasteiger charge is -2.02.